The predicted molar refractivity (Wildman–Crippen MR) is 52.7 cm³/mol. The number of halogens is 1. The molecule has 0 saturated heterocycles. The van der Waals surface area contributed by atoms with Gasteiger partial charge in [-0.2, -0.15) is 0 Å². The summed E-state index contributed by atoms with van der Waals surface area (Å²) in [5, 5.41) is -0.732. The van der Waals surface area contributed by atoms with Gasteiger partial charge in [-0.15, -0.1) is 0 Å². The van der Waals surface area contributed by atoms with Crippen molar-refractivity contribution in [2.75, 3.05) is 6.54 Å². The maximum absolute atomic E-state index is 11.6. The van der Waals surface area contributed by atoms with E-state index in [1.165, 1.54) is 0 Å². The molecule has 2 rings (SSSR count). The minimum atomic E-state index is -0.732. The highest BCUT2D eigenvalue weighted by atomic mass is 35.5. The molecular weight excluding hydrogens is 220 g/mol. The summed E-state index contributed by atoms with van der Waals surface area (Å²) in [6, 6.07) is 6.43. The van der Waals surface area contributed by atoms with Crippen LogP contribution in [0.1, 0.15) is 20.7 Å². The monoisotopic (exact) mass is 225 g/mol. The lowest BCUT2D eigenvalue weighted by Gasteiger charge is -2.09. The number of carbonyl (C=O) groups excluding carboxylic acids is 3. The number of rotatable bonds is 2. The molecular formula is C10H6ClNO3. The minimum Gasteiger partial charge on any atom is -0.279 e. The van der Waals surface area contributed by atoms with Crippen molar-refractivity contribution in [3.8, 4) is 0 Å². The van der Waals surface area contributed by atoms with Gasteiger partial charge in [0, 0.05) is 0 Å². The Morgan fingerprint density at radius 1 is 1.13 bits per heavy atom. The number of carbonyl (C=O) groups is 3. The summed E-state index contributed by atoms with van der Waals surface area (Å²) < 4.78 is 0. The Morgan fingerprint density at radius 2 is 1.60 bits per heavy atom. The van der Waals surface area contributed by atoms with Crippen LogP contribution in [0.3, 0.4) is 0 Å². The quantitative estimate of drug-likeness (QED) is 0.429. The Labute approximate surface area is 90.4 Å². The standard InChI is InChI=1S/C10H6ClNO3/c11-8(13)5-12-9(14)6-3-1-2-4-7(6)10(12)15/h1-4H,5H2/i5+1,8+1. The van der Waals surface area contributed by atoms with Gasteiger partial charge in [-0.25, -0.2) is 0 Å². The molecule has 5 heteroatoms. The summed E-state index contributed by atoms with van der Waals surface area (Å²) in [6.07, 6.45) is 0. The maximum Gasteiger partial charge on any atom is 0.262 e. The van der Waals surface area contributed by atoms with Crippen LogP contribution in [0.5, 0.6) is 0 Å². The second-order valence-electron chi connectivity index (χ2n) is 3.10. The van der Waals surface area contributed by atoms with Crippen LogP contribution >= 0.6 is 11.6 Å². The first-order chi connectivity index (χ1) is 7.11. The second-order valence-corrected chi connectivity index (χ2v) is 3.52. The van der Waals surface area contributed by atoms with E-state index in [0.717, 1.165) is 4.90 Å². The van der Waals surface area contributed by atoms with E-state index in [0.29, 0.717) is 11.1 Å². The number of nitrogens with zero attached hydrogens (tertiary/aromatic N) is 1. The van der Waals surface area contributed by atoms with E-state index in [1.54, 1.807) is 24.3 Å². The van der Waals surface area contributed by atoms with Crippen molar-refractivity contribution < 1.29 is 14.4 Å². The van der Waals surface area contributed by atoms with Gasteiger partial charge in [-0.1, -0.05) is 12.1 Å². The first kappa shape index (κ1) is 9.86. The molecule has 1 heterocycles. The summed E-state index contributed by atoms with van der Waals surface area (Å²) in [7, 11) is 0. The zero-order valence-electron chi connectivity index (χ0n) is 7.57. The molecule has 0 spiro atoms. The molecule has 0 aromatic heterocycles. The summed E-state index contributed by atoms with van der Waals surface area (Å²) in [6.45, 7) is -0.381. The van der Waals surface area contributed by atoms with E-state index >= 15 is 0 Å². The van der Waals surface area contributed by atoms with Gasteiger partial charge in [0.2, 0.25) is 5.24 Å². The summed E-state index contributed by atoms with van der Waals surface area (Å²) >= 11 is 5.15. The van der Waals surface area contributed by atoms with Gasteiger partial charge in [-0.3, -0.25) is 19.3 Å². The number of amides is 2. The molecule has 0 fully saturated rings. The van der Waals surface area contributed by atoms with E-state index in [9.17, 15) is 14.4 Å². The van der Waals surface area contributed by atoms with Crippen molar-refractivity contribution in [2.24, 2.45) is 0 Å². The number of hydrogen-bond donors (Lipinski definition) is 0. The van der Waals surface area contributed by atoms with Gasteiger partial charge < -0.3 is 0 Å². The van der Waals surface area contributed by atoms with E-state index in [2.05, 4.69) is 0 Å². The van der Waals surface area contributed by atoms with Crippen LogP contribution in [0.25, 0.3) is 0 Å². The molecule has 1 aliphatic rings. The van der Waals surface area contributed by atoms with E-state index in [1.807, 2.05) is 0 Å². The van der Waals surface area contributed by atoms with Crippen molar-refractivity contribution in [3.05, 3.63) is 35.4 Å². The molecule has 0 radical (unpaired) electrons. The molecule has 2 amide bonds. The molecule has 1 aromatic carbocycles. The molecule has 0 saturated carbocycles. The number of benzene rings is 1. The van der Waals surface area contributed by atoms with Crippen LogP contribution in [0, 0.1) is 0 Å². The van der Waals surface area contributed by atoms with Crippen LogP contribution < -0.4 is 0 Å². The fourth-order valence-electron chi connectivity index (χ4n) is 1.51. The lowest BCUT2D eigenvalue weighted by molar-refractivity contribution is -0.112. The summed E-state index contributed by atoms with van der Waals surface area (Å²) in [4.78, 5) is 34.8. The highest BCUT2D eigenvalue weighted by Crippen LogP contribution is 2.22. The first-order valence-electron chi connectivity index (χ1n) is 4.25. The smallest absolute Gasteiger partial charge is 0.262 e. The number of imide groups is 1. The van der Waals surface area contributed by atoms with E-state index in [-0.39, 0.29) is 6.54 Å². The zero-order chi connectivity index (χ0) is 11.0. The first-order valence-corrected chi connectivity index (χ1v) is 4.62. The van der Waals surface area contributed by atoms with E-state index in [4.69, 9.17) is 11.6 Å². The molecule has 1 aromatic rings. The normalized spacial score (nSPS) is 14.3. The van der Waals surface area contributed by atoms with E-state index < -0.39 is 17.1 Å². The highest BCUT2D eigenvalue weighted by Gasteiger charge is 2.35. The number of hydrogen-bond acceptors (Lipinski definition) is 3. The fourth-order valence-corrected chi connectivity index (χ4v) is 1.63. The summed E-state index contributed by atoms with van der Waals surface area (Å²) in [5.41, 5.74) is 0.640. The molecule has 4 nitrogen and oxygen atoms in total. The van der Waals surface area contributed by atoms with Gasteiger partial charge in [-0.05, 0) is 23.7 Å². The Balaban J connectivity index is 2.41. The minimum absolute atomic E-state index is 0.320. The SMILES string of the molecule is O=C1c2ccccc2C(=O)N1[13CH2][13C](=O)Cl. The lowest BCUT2D eigenvalue weighted by Crippen LogP contribution is -2.33. The largest absolute Gasteiger partial charge is 0.279 e. The third kappa shape index (κ3) is 1.53. The van der Waals surface area contributed by atoms with Crippen molar-refractivity contribution >= 4 is 28.7 Å². The topological polar surface area (TPSA) is 54.5 Å². The van der Waals surface area contributed by atoms with Crippen LogP contribution in [-0.4, -0.2) is 28.5 Å². The molecule has 0 N–H and O–H groups in total. The van der Waals surface area contributed by atoms with Gasteiger partial charge in [0.25, 0.3) is 11.8 Å². The molecule has 0 aliphatic carbocycles. The Kier molecular flexibility index (Phi) is 2.28. The van der Waals surface area contributed by atoms with Gasteiger partial charge in [0.05, 0.1) is 11.1 Å². The predicted octanol–water partition coefficient (Wildman–Crippen LogP) is 1.05. The van der Waals surface area contributed by atoms with Crippen LogP contribution in [-0.2, 0) is 4.79 Å². The molecule has 0 unspecified atom stereocenters. The average molecular weight is 226 g/mol. The Hall–Kier alpha value is -1.68. The summed E-state index contributed by atoms with van der Waals surface area (Å²) in [5.74, 6) is -0.936. The van der Waals surface area contributed by atoms with Crippen molar-refractivity contribution in [1.82, 2.24) is 4.90 Å². The van der Waals surface area contributed by atoms with Crippen molar-refractivity contribution in [3.63, 3.8) is 0 Å². The Morgan fingerprint density at radius 3 is 2.00 bits per heavy atom. The van der Waals surface area contributed by atoms with Gasteiger partial charge in [0.1, 0.15) is 6.54 Å². The lowest BCUT2D eigenvalue weighted by atomic mass is 10.1. The molecule has 76 valence electrons. The molecule has 0 bridgehead atoms. The third-order valence-corrected chi connectivity index (χ3v) is 2.28. The molecule has 1 aliphatic heterocycles. The van der Waals surface area contributed by atoms with Crippen molar-refractivity contribution in [1.29, 1.82) is 0 Å². The van der Waals surface area contributed by atoms with Crippen LogP contribution in [0.15, 0.2) is 24.3 Å². The number of fused-ring (bicyclic) bond motifs is 1. The van der Waals surface area contributed by atoms with Crippen LogP contribution in [0.4, 0.5) is 0 Å². The van der Waals surface area contributed by atoms with Gasteiger partial charge in [0.15, 0.2) is 0 Å². The zero-order valence-corrected chi connectivity index (χ0v) is 8.32. The highest BCUT2D eigenvalue weighted by molar-refractivity contribution is 6.64. The van der Waals surface area contributed by atoms with Crippen LogP contribution in [0.2, 0.25) is 0 Å². The Bertz CT molecular complexity index is 434. The molecule has 15 heavy (non-hydrogen) atoms. The fraction of sp³-hybridized carbons (Fsp3) is 0.100. The third-order valence-electron chi connectivity index (χ3n) is 2.16. The molecule has 0 atom stereocenters. The average Bonchev–Trinajstić information content (AvgIpc) is 2.44. The van der Waals surface area contributed by atoms with Gasteiger partial charge >= 0.3 is 0 Å². The maximum atomic E-state index is 11.6. The van der Waals surface area contributed by atoms with Crippen molar-refractivity contribution in [2.45, 2.75) is 0 Å². The second kappa shape index (κ2) is 3.47.